The largest absolute Gasteiger partial charge is 0.371 e. The van der Waals surface area contributed by atoms with Crippen molar-refractivity contribution in [1.82, 2.24) is 10.2 Å². The van der Waals surface area contributed by atoms with Gasteiger partial charge in [0.25, 0.3) is 0 Å². The van der Waals surface area contributed by atoms with Gasteiger partial charge in [-0.2, -0.15) is 0 Å². The molecule has 0 saturated carbocycles. The number of hydrogen-bond donors (Lipinski definition) is 1. The molecule has 2 aliphatic heterocycles. The summed E-state index contributed by atoms with van der Waals surface area (Å²) in [6.07, 6.45) is 6.02. The summed E-state index contributed by atoms with van der Waals surface area (Å²) in [6, 6.07) is 6.04. The molecular formula is C19H30FN3. The third-order valence-electron chi connectivity index (χ3n) is 5.24. The van der Waals surface area contributed by atoms with E-state index in [1.807, 2.05) is 6.07 Å². The van der Waals surface area contributed by atoms with Gasteiger partial charge in [0, 0.05) is 36.9 Å². The zero-order valence-corrected chi connectivity index (χ0v) is 14.4. The molecule has 0 atom stereocenters. The van der Waals surface area contributed by atoms with Crippen LogP contribution in [0, 0.1) is 5.82 Å². The van der Waals surface area contributed by atoms with Crippen molar-refractivity contribution in [3.05, 3.63) is 29.6 Å². The molecule has 0 amide bonds. The minimum Gasteiger partial charge on any atom is -0.371 e. The molecule has 2 heterocycles. The predicted octanol–water partition coefficient (Wildman–Crippen LogP) is 3.39. The molecule has 2 fully saturated rings. The van der Waals surface area contributed by atoms with E-state index in [1.165, 1.54) is 51.7 Å². The zero-order chi connectivity index (χ0) is 16.1. The number of hydrogen-bond acceptors (Lipinski definition) is 3. The molecule has 2 aliphatic rings. The van der Waals surface area contributed by atoms with Gasteiger partial charge in [-0.3, -0.25) is 0 Å². The maximum atomic E-state index is 14.3. The van der Waals surface area contributed by atoms with E-state index < -0.39 is 0 Å². The van der Waals surface area contributed by atoms with Gasteiger partial charge in [-0.1, -0.05) is 13.0 Å². The Morgan fingerprint density at radius 3 is 2.57 bits per heavy atom. The van der Waals surface area contributed by atoms with E-state index in [0.29, 0.717) is 12.6 Å². The number of benzene rings is 1. The molecule has 0 aliphatic carbocycles. The second-order valence-corrected chi connectivity index (χ2v) is 6.93. The highest BCUT2D eigenvalue weighted by molar-refractivity contribution is 5.54. The van der Waals surface area contributed by atoms with Crippen LogP contribution < -0.4 is 10.2 Å². The highest BCUT2D eigenvalue weighted by Gasteiger charge is 2.21. The Morgan fingerprint density at radius 1 is 1.13 bits per heavy atom. The van der Waals surface area contributed by atoms with Crippen molar-refractivity contribution in [3.8, 4) is 0 Å². The first kappa shape index (κ1) is 16.7. The second kappa shape index (κ2) is 8.11. The maximum absolute atomic E-state index is 14.3. The third kappa shape index (κ3) is 4.24. The van der Waals surface area contributed by atoms with Crippen molar-refractivity contribution in [2.75, 3.05) is 37.6 Å². The summed E-state index contributed by atoms with van der Waals surface area (Å²) in [4.78, 5) is 4.88. The molecule has 3 nitrogen and oxygen atoms in total. The van der Waals surface area contributed by atoms with Crippen molar-refractivity contribution >= 4 is 5.69 Å². The molecule has 1 aromatic carbocycles. The number of rotatable bonds is 6. The molecule has 0 spiro atoms. The summed E-state index contributed by atoms with van der Waals surface area (Å²) in [5.41, 5.74) is 1.95. The SMILES string of the molecule is CCCN1CCC(NCc2c(F)cccc2N2CCCC2)CC1. The van der Waals surface area contributed by atoms with Crippen LogP contribution in [0.2, 0.25) is 0 Å². The molecular weight excluding hydrogens is 289 g/mol. The minimum absolute atomic E-state index is 0.0645. The lowest BCUT2D eigenvalue weighted by Gasteiger charge is -2.32. The molecule has 1 N–H and O–H groups in total. The van der Waals surface area contributed by atoms with Gasteiger partial charge in [-0.15, -0.1) is 0 Å². The van der Waals surface area contributed by atoms with Gasteiger partial charge in [-0.05, 0) is 63.9 Å². The van der Waals surface area contributed by atoms with E-state index in [-0.39, 0.29) is 5.82 Å². The van der Waals surface area contributed by atoms with Gasteiger partial charge in [-0.25, -0.2) is 4.39 Å². The van der Waals surface area contributed by atoms with Crippen LogP contribution in [0.4, 0.5) is 10.1 Å². The maximum Gasteiger partial charge on any atom is 0.129 e. The first-order valence-corrected chi connectivity index (χ1v) is 9.26. The fourth-order valence-corrected chi connectivity index (χ4v) is 3.90. The van der Waals surface area contributed by atoms with Crippen molar-refractivity contribution in [2.24, 2.45) is 0 Å². The highest BCUT2D eigenvalue weighted by Crippen LogP contribution is 2.27. The van der Waals surface area contributed by atoms with Crippen LogP contribution in [0.3, 0.4) is 0 Å². The monoisotopic (exact) mass is 319 g/mol. The van der Waals surface area contributed by atoms with Gasteiger partial charge in [0.05, 0.1) is 0 Å². The molecule has 3 rings (SSSR count). The van der Waals surface area contributed by atoms with Crippen molar-refractivity contribution < 1.29 is 4.39 Å². The Kier molecular flexibility index (Phi) is 5.90. The van der Waals surface area contributed by atoms with E-state index in [2.05, 4.69) is 28.1 Å². The van der Waals surface area contributed by atoms with Crippen LogP contribution in [0.25, 0.3) is 0 Å². The molecule has 2 saturated heterocycles. The van der Waals surface area contributed by atoms with Crippen LogP contribution in [-0.4, -0.2) is 43.7 Å². The molecule has 4 heteroatoms. The van der Waals surface area contributed by atoms with Gasteiger partial charge >= 0.3 is 0 Å². The molecule has 128 valence electrons. The number of nitrogens with one attached hydrogen (secondary N) is 1. The number of halogens is 1. The first-order valence-electron chi connectivity index (χ1n) is 9.26. The lowest BCUT2D eigenvalue weighted by atomic mass is 10.0. The molecule has 0 aromatic heterocycles. The topological polar surface area (TPSA) is 18.5 Å². The number of likely N-dealkylation sites (tertiary alicyclic amines) is 1. The Labute approximate surface area is 139 Å². The normalized spacial score (nSPS) is 20.3. The standard InChI is InChI=1S/C19H30FN3/c1-2-10-22-13-8-16(9-14-22)21-15-17-18(20)6-5-7-19(17)23-11-3-4-12-23/h5-7,16,21H,2-4,8-15H2,1H3. The summed E-state index contributed by atoms with van der Waals surface area (Å²) >= 11 is 0. The van der Waals surface area contributed by atoms with E-state index >= 15 is 0 Å². The Morgan fingerprint density at radius 2 is 1.87 bits per heavy atom. The van der Waals surface area contributed by atoms with Gasteiger partial charge < -0.3 is 15.1 Å². The number of anilines is 1. The summed E-state index contributed by atoms with van der Waals surface area (Å²) in [5.74, 6) is -0.0645. The summed E-state index contributed by atoms with van der Waals surface area (Å²) < 4.78 is 14.3. The summed E-state index contributed by atoms with van der Waals surface area (Å²) in [6.45, 7) is 8.56. The van der Waals surface area contributed by atoms with Crippen LogP contribution >= 0.6 is 0 Å². The molecule has 1 aromatic rings. The van der Waals surface area contributed by atoms with Crippen LogP contribution in [0.5, 0.6) is 0 Å². The highest BCUT2D eigenvalue weighted by atomic mass is 19.1. The number of nitrogens with zero attached hydrogens (tertiary/aromatic N) is 2. The van der Waals surface area contributed by atoms with E-state index in [4.69, 9.17) is 0 Å². The average Bonchev–Trinajstić information content (AvgIpc) is 3.09. The average molecular weight is 319 g/mol. The molecule has 0 unspecified atom stereocenters. The number of piperidine rings is 1. The Balaban J connectivity index is 1.58. The molecule has 0 bridgehead atoms. The Bertz CT molecular complexity index is 491. The van der Waals surface area contributed by atoms with Gasteiger partial charge in [0.15, 0.2) is 0 Å². The van der Waals surface area contributed by atoms with Crippen molar-refractivity contribution in [1.29, 1.82) is 0 Å². The minimum atomic E-state index is -0.0645. The summed E-state index contributed by atoms with van der Waals surface area (Å²) in [5, 5.41) is 3.61. The smallest absolute Gasteiger partial charge is 0.129 e. The molecule has 0 radical (unpaired) electrons. The lowest BCUT2D eigenvalue weighted by Crippen LogP contribution is -2.42. The fraction of sp³-hybridized carbons (Fsp3) is 0.684. The first-order chi connectivity index (χ1) is 11.3. The van der Waals surface area contributed by atoms with E-state index in [9.17, 15) is 4.39 Å². The third-order valence-corrected chi connectivity index (χ3v) is 5.24. The van der Waals surface area contributed by atoms with Crippen LogP contribution in [0.1, 0.15) is 44.6 Å². The lowest BCUT2D eigenvalue weighted by molar-refractivity contribution is 0.197. The fourth-order valence-electron chi connectivity index (χ4n) is 3.90. The molecule has 23 heavy (non-hydrogen) atoms. The van der Waals surface area contributed by atoms with Crippen molar-refractivity contribution in [2.45, 2.75) is 51.6 Å². The van der Waals surface area contributed by atoms with E-state index in [0.717, 1.165) is 24.3 Å². The van der Waals surface area contributed by atoms with E-state index in [1.54, 1.807) is 6.07 Å². The van der Waals surface area contributed by atoms with Gasteiger partial charge in [0.1, 0.15) is 5.82 Å². The predicted molar refractivity (Wildman–Crippen MR) is 94.4 cm³/mol. The Hall–Kier alpha value is -1.13. The van der Waals surface area contributed by atoms with Crippen molar-refractivity contribution in [3.63, 3.8) is 0 Å². The van der Waals surface area contributed by atoms with Crippen LogP contribution in [-0.2, 0) is 6.54 Å². The zero-order valence-electron chi connectivity index (χ0n) is 14.4. The summed E-state index contributed by atoms with van der Waals surface area (Å²) in [7, 11) is 0. The van der Waals surface area contributed by atoms with Gasteiger partial charge in [0.2, 0.25) is 0 Å². The second-order valence-electron chi connectivity index (χ2n) is 6.93. The van der Waals surface area contributed by atoms with Crippen LogP contribution in [0.15, 0.2) is 18.2 Å². The quantitative estimate of drug-likeness (QED) is 0.867.